The molecular formula is C19H27Cl2FN2O. The lowest BCUT2D eigenvalue weighted by Gasteiger charge is -2.36. The van der Waals surface area contributed by atoms with Crippen molar-refractivity contribution in [1.29, 1.82) is 0 Å². The Kier molecular flexibility index (Phi) is 7.12. The highest BCUT2D eigenvalue weighted by molar-refractivity contribution is 6.35. The van der Waals surface area contributed by atoms with E-state index in [-0.39, 0.29) is 17.2 Å². The Morgan fingerprint density at radius 3 is 2.48 bits per heavy atom. The van der Waals surface area contributed by atoms with Crippen molar-refractivity contribution in [2.45, 2.75) is 39.8 Å². The Bertz CT molecular complexity index is 583. The number of rotatable bonds is 5. The van der Waals surface area contributed by atoms with E-state index >= 15 is 0 Å². The first kappa shape index (κ1) is 20.5. The van der Waals surface area contributed by atoms with Crippen molar-refractivity contribution in [1.82, 2.24) is 10.2 Å². The molecule has 0 aliphatic carbocycles. The number of alkyl halides is 1. The molecule has 1 saturated heterocycles. The summed E-state index contributed by atoms with van der Waals surface area (Å²) in [6.45, 7) is 9.17. The predicted octanol–water partition coefficient (Wildman–Crippen LogP) is 4.82. The third-order valence-corrected chi connectivity index (χ3v) is 5.02. The van der Waals surface area contributed by atoms with E-state index in [9.17, 15) is 9.18 Å². The molecule has 0 aromatic heterocycles. The van der Waals surface area contributed by atoms with Crippen molar-refractivity contribution in [3.05, 3.63) is 33.8 Å². The fraction of sp³-hybridized carbons (Fsp3) is 0.632. The Hall–Kier alpha value is -0.840. The van der Waals surface area contributed by atoms with E-state index in [0.717, 1.165) is 25.9 Å². The molecule has 1 aliphatic heterocycles. The summed E-state index contributed by atoms with van der Waals surface area (Å²) < 4.78 is 14.5. The van der Waals surface area contributed by atoms with Crippen LogP contribution >= 0.6 is 23.2 Å². The molecule has 1 aliphatic rings. The third-order valence-electron chi connectivity index (χ3n) is 4.59. The Morgan fingerprint density at radius 2 is 1.92 bits per heavy atom. The van der Waals surface area contributed by atoms with Gasteiger partial charge in [-0.1, -0.05) is 44.0 Å². The molecule has 2 rings (SSSR count). The number of likely N-dealkylation sites (tertiary alicyclic amines) is 1. The highest BCUT2D eigenvalue weighted by Crippen LogP contribution is 2.24. The number of nitrogens with one attached hydrogen (secondary N) is 1. The van der Waals surface area contributed by atoms with Crippen molar-refractivity contribution in [3.63, 3.8) is 0 Å². The van der Waals surface area contributed by atoms with Crippen molar-refractivity contribution in [2.24, 2.45) is 11.3 Å². The van der Waals surface area contributed by atoms with Crippen LogP contribution in [0.1, 0.15) is 44.0 Å². The molecule has 1 heterocycles. The lowest BCUT2D eigenvalue weighted by molar-refractivity contribution is 0.0724. The maximum atomic E-state index is 14.5. The van der Waals surface area contributed by atoms with E-state index in [1.54, 1.807) is 18.2 Å². The molecule has 0 spiro atoms. The summed E-state index contributed by atoms with van der Waals surface area (Å²) in [7, 11) is 0. The molecule has 1 fully saturated rings. The van der Waals surface area contributed by atoms with Crippen LogP contribution in [0, 0.1) is 11.3 Å². The van der Waals surface area contributed by atoms with Crippen molar-refractivity contribution < 1.29 is 9.18 Å². The van der Waals surface area contributed by atoms with Gasteiger partial charge in [0.2, 0.25) is 0 Å². The van der Waals surface area contributed by atoms with Gasteiger partial charge in [0.15, 0.2) is 0 Å². The number of amides is 1. The minimum Gasteiger partial charge on any atom is -0.352 e. The van der Waals surface area contributed by atoms with Gasteiger partial charge >= 0.3 is 0 Å². The van der Waals surface area contributed by atoms with Gasteiger partial charge in [0, 0.05) is 34.6 Å². The fourth-order valence-corrected chi connectivity index (χ4v) is 3.48. The smallest absolute Gasteiger partial charge is 0.251 e. The standard InChI is InChI=1S/C19H27Cl2FN2O/c1-19(2,3)5-7-24-6-4-13(17(22)12-24)11-23-18(25)14-8-15(20)10-16(21)9-14/h8-10,13,17H,4-7,11-12H2,1-3H3,(H,23,25)/t13-,17-/m0/s1. The molecule has 0 unspecified atom stereocenters. The second-order valence-electron chi connectivity index (χ2n) is 8.04. The first-order valence-electron chi connectivity index (χ1n) is 8.75. The molecule has 1 aromatic carbocycles. The number of piperidine rings is 1. The molecular weight excluding hydrogens is 362 g/mol. The fourth-order valence-electron chi connectivity index (χ4n) is 2.95. The van der Waals surface area contributed by atoms with E-state index in [4.69, 9.17) is 23.2 Å². The number of nitrogens with zero attached hydrogens (tertiary/aromatic N) is 1. The third kappa shape index (κ3) is 6.76. The Labute approximate surface area is 159 Å². The zero-order chi connectivity index (χ0) is 18.6. The van der Waals surface area contributed by atoms with E-state index in [1.807, 2.05) is 0 Å². The van der Waals surface area contributed by atoms with Crippen molar-refractivity contribution >= 4 is 29.1 Å². The first-order valence-corrected chi connectivity index (χ1v) is 9.50. The van der Waals surface area contributed by atoms with Crippen LogP contribution in [0.4, 0.5) is 4.39 Å². The largest absolute Gasteiger partial charge is 0.352 e. The van der Waals surface area contributed by atoms with Gasteiger partial charge in [0.05, 0.1) is 0 Å². The topological polar surface area (TPSA) is 32.3 Å². The molecule has 0 saturated carbocycles. The molecule has 1 amide bonds. The van der Waals surface area contributed by atoms with Crippen LogP contribution in [0.5, 0.6) is 0 Å². The maximum absolute atomic E-state index is 14.5. The monoisotopic (exact) mass is 388 g/mol. The number of carbonyl (C=O) groups excluding carboxylic acids is 1. The number of halogens is 3. The predicted molar refractivity (Wildman–Crippen MR) is 102 cm³/mol. The summed E-state index contributed by atoms with van der Waals surface area (Å²) in [5, 5.41) is 3.63. The molecule has 3 nitrogen and oxygen atoms in total. The molecule has 0 radical (unpaired) electrons. The number of hydrogen-bond donors (Lipinski definition) is 1. The summed E-state index contributed by atoms with van der Waals surface area (Å²) in [6.07, 6.45) is 0.885. The average molecular weight is 389 g/mol. The molecule has 25 heavy (non-hydrogen) atoms. The van der Waals surface area contributed by atoms with E-state index in [2.05, 4.69) is 31.0 Å². The molecule has 1 N–H and O–H groups in total. The molecule has 1 aromatic rings. The summed E-state index contributed by atoms with van der Waals surface area (Å²) in [6, 6.07) is 4.69. The van der Waals surface area contributed by atoms with Crippen molar-refractivity contribution in [2.75, 3.05) is 26.2 Å². The van der Waals surface area contributed by atoms with Crippen molar-refractivity contribution in [3.8, 4) is 0 Å². The van der Waals surface area contributed by atoms with Gasteiger partial charge in [0.25, 0.3) is 5.91 Å². The normalized spacial score (nSPS) is 22.0. The van der Waals surface area contributed by atoms with E-state index < -0.39 is 6.17 Å². The Morgan fingerprint density at radius 1 is 1.28 bits per heavy atom. The summed E-state index contributed by atoms with van der Waals surface area (Å²) in [5.41, 5.74) is 0.657. The minimum absolute atomic E-state index is 0.149. The SMILES string of the molecule is CC(C)(C)CCN1CC[C@@H](CNC(=O)c2cc(Cl)cc(Cl)c2)[C@@H](F)C1. The number of benzene rings is 1. The second kappa shape index (κ2) is 8.70. The molecule has 140 valence electrons. The molecule has 0 bridgehead atoms. The van der Waals surface area contributed by atoms with Gasteiger partial charge in [0.1, 0.15) is 6.17 Å². The maximum Gasteiger partial charge on any atom is 0.251 e. The summed E-state index contributed by atoms with van der Waals surface area (Å²) in [5.74, 6) is -0.420. The second-order valence-corrected chi connectivity index (χ2v) is 8.92. The van der Waals surface area contributed by atoms with E-state index in [1.165, 1.54) is 0 Å². The lowest BCUT2D eigenvalue weighted by atomic mass is 9.90. The molecule has 6 heteroatoms. The number of carbonyl (C=O) groups is 1. The number of hydrogen-bond acceptors (Lipinski definition) is 2. The van der Waals surface area contributed by atoms with Crippen LogP contribution < -0.4 is 5.32 Å². The zero-order valence-electron chi connectivity index (χ0n) is 15.1. The highest BCUT2D eigenvalue weighted by Gasteiger charge is 2.29. The van der Waals surface area contributed by atoms with Crippen LogP contribution in [0.2, 0.25) is 10.0 Å². The van der Waals surface area contributed by atoms with Gasteiger partial charge in [-0.05, 0) is 49.5 Å². The average Bonchev–Trinajstić information content (AvgIpc) is 2.50. The Balaban J connectivity index is 1.81. The van der Waals surface area contributed by atoms with Crippen LogP contribution in [0.25, 0.3) is 0 Å². The summed E-state index contributed by atoms with van der Waals surface area (Å²) in [4.78, 5) is 14.4. The van der Waals surface area contributed by atoms with Gasteiger partial charge in [-0.3, -0.25) is 4.79 Å². The van der Waals surface area contributed by atoms with E-state index in [0.29, 0.717) is 28.7 Å². The van der Waals surface area contributed by atoms with Gasteiger partial charge < -0.3 is 10.2 Å². The van der Waals surface area contributed by atoms with Gasteiger partial charge in [-0.15, -0.1) is 0 Å². The lowest BCUT2D eigenvalue weighted by Crippen LogP contribution is -2.46. The summed E-state index contributed by atoms with van der Waals surface area (Å²) >= 11 is 11.8. The van der Waals surface area contributed by atoms with Crippen LogP contribution in [0.15, 0.2) is 18.2 Å². The first-order chi connectivity index (χ1) is 11.6. The molecule has 2 atom stereocenters. The highest BCUT2D eigenvalue weighted by atomic mass is 35.5. The van der Waals surface area contributed by atoms with Crippen LogP contribution in [0.3, 0.4) is 0 Å². The van der Waals surface area contributed by atoms with Gasteiger partial charge in [-0.2, -0.15) is 0 Å². The van der Waals surface area contributed by atoms with Gasteiger partial charge in [-0.25, -0.2) is 4.39 Å². The quantitative estimate of drug-likeness (QED) is 0.783. The van der Waals surface area contributed by atoms with Crippen LogP contribution in [-0.4, -0.2) is 43.2 Å². The zero-order valence-corrected chi connectivity index (χ0v) is 16.6. The minimum atomic E-state index is -0.919. The van der Waals surface area contributed by atoms with Crippen LogP contribution in [-0.2, 0) is 0 Å².